The van der Waals surface area contributed by atoms with Crippen LogP contribution in [0.15, 0.2) is 29.2 Å². The van der Waals surface area contributed by atoms with Crippen molar-refractivity contribution in [2.75, 3.05) is 19.4 Å². The summed E-state index contributed by atoms with van der Waals surface area (Å²) in [6.45, 7) is -0.553. The van der Waals surface area contributed by atoms with E-state index in [0.717, 1.165) is 6.26 Å². The van der Waals surface area contributed by atoms with Crippen LogP contribution in [0.1, 0.15) is 10.4 Å². The molecule has 0 saturated heterocycles. The summed E-state index contributed by atoms with van der Waals surface area (Å²) in [4.78, 5) is 11.7. The molecule has 6 nitrogen and oxygen atoms in total. The van der Waals surface area contributed by atoms with Crippen LogP contribution in [0.25, 0.3) is 0 Å². The summed E-state index contributed by atoms with van der Waals surface area (Å²) in [5.41, 5.74) is 0.183. The Kier molecular flexibility index (Phi) is 4.83. The number of amides is 1. The van der Waals surface area contributed by atoms with Gasteiger partial charge in [-0.3, -0.25) is 4.79 Å². The first-order chi connectivity index (χ1) is 8.34. The number of rotatable bonds is 5. The minimum absolute atomic E-state index is 0.0536. The van der Waals surface area contributed by atoms with Gasteiger partial charge in [-0.1, -0.05) is 6.07 Å². The van der Waals surface area contributed by atoms with Gasteiger partial charge in [0, 0.05) is 18.4 Å². The normalized spacial score (nSPS) is 13.1. The van der Waals surface area contributed by atoms with Gasteiger partial charge < -0.3 is 15.5 Å². The molecule has 1 rings (SSSR count). The molecule has 0 aliphatic rings. The van der Waals surface area contributed by atoms with Crippen molar-refractivity contribution in [1.29, 1.82) is 0 Å². The molecule has 1 aromatic rings. The number of carbonyl (C=O) groups excluding carboxylic acids is 1. The second-order valence-corrected chi connectivity index (χ2v) is 5.86. The van der Waals surface area contributed by atoms with E-state index >= 15 is 0 Å². The number of sulfone groups is 1. The van der Waals surface area contributed by atoms with E-state index in [2.05, 4.69) is 5.32 Å². The maximum atomic E-state index is 11.6. The Morgan fingerprint density at radius 2 is 2.11 bits per heavy atom. The Balaban J connectivity index is 2.81. The third-order valence-electron chi connectivity index (χ3n) is 2.23. The van der Waals surface area contributed by atoms with Gasteiger partial charge in [-0.2, -0.15) is 0 Å². The molecule has 0 spiro atoms. The highest BCUT2D eigenvalue weighted by atomic mass is 32.2. The first-order valence-electron chi connectivity index (χ1n) is 5.22. The summed E-state index contributed by atoms with van der Waals surface area (Å²) in [5.74, 6) is -0.506. The van der Waals surface area contributed by atoms with Gasteiger partial charge in [-0.15, -0.1) is 0 Å². The first-order valence-corrected chi connectivity index (χ1v) is 7.11. The molecule has 7 heteroatoms. The van der Waals surface area contributed by atoms with Gasteiger partial charge in [0.15, 0.2) is 9.84 Å². The van der Waals surface area contributed by atoms with E-state index in [1.54, 1.807) is 0 Å². The van der Waals surface area contributed by atoms with Crippen molar-refractivity contribution < 1.29 is 23.4 Å². The molecule has 0 aliphatic carbocycles. The van der Waals surface area contributed by atoms with Crippen molar-refractivity contribution in [2.24, 2.45) is 0 Å². The summed E-state index contributed by atoms with van der Waals surface area (Å²) in [7, 11) is -3.36. The molecule has 0 aromatic heterocycles. The highest BCUT2D eigenvalue weighted by Gasteiger charge is 2.12. The smallest absolute Gasteiger partial charge is 0.251 e. The molecule has 1 unspecified atom stereocenters. The summed E-state index contributed by atoms with van der Waals surface area (Å²) in [5, 5.41) is 20.0. The topological polar surface area (TPSA) is 104 Å². The van der Waals surface area contributed by atoms with Gasteiger partial charge in [0.1, 0.15) is 0 Å². The second-order valence-electron chi connectivity index (χ2n) is 3.85. The Labute approximate surface area is 105 Å². The number of hydrogen-bond donors (Lipinski definition) is 3. The van der Waals surface area contributed by atoms with Gasteiger partial charge in [-0.05, 0) is 18.2 Å². The van der Waals surface area contributed by atoms with Crippen molar-refractivity contribution in [1.82, 2.24) is 5.32 Å². The SMILES string of the molecule is CS(=O)(=O)c1cccc(C(=O)NCC(O)CO)c1. The molecule has 100 valence electrons. The lowest BCUT2D eigenvalue weighted by atomic mass is 10.2. The summed E-state index contributed by atoms with van der Waals surface area (Å²) in [6.07, 6.45) is 0.0199. The van der Waals surface area contributed by atoms with Crippen LogP contribution in [-0.2, 0) is 9.84 Å². The van der Waals surface area contributed by atoms with E-state index < -0.39 is 28.5 Å². The number of nitrogens with one attached hydrogen (secondary N) is 1. The number of carbonyl (C=O) groups is 1. The maximum Gasteiger partial charge on any atom is 0.251 e. The molecule has 0 aliphatic heterocycles. The second kappa shape index (κ2) is 5.94. The molecule has 1 aromatic carbocycles. The molecule has 0 radical (unpaired) electrons. The molecule has 3 N–H and O–H groups in total. The third kappa shape index (κ3) is 4.10. The van der Waals surface area contributed by atoms with Crippen molar-refractivity contribution in [3.8, 4) is 0 Å². The van der Waals surface area contributed by atoms with Crippen LogP contribution in [0.3, 0.4) is 0 Å². The highest BCUT2D eigenvalue weighted by Crippen LogP contribution is 2.11. The van der Waals surface area contributed by atoms with Crippen molar-refractivity contribution in [3.05, 3.63) is 29.8 Å². The standard InChI is InChI=1S/C11H15NO5S/c1-18(16,17)10-4-2-3-8(5-10)11(15)12-6-9(14)7-13/h2-5,9,13-14H,6-7H2,1H3,(H,12,15). The van der Waals surface area contributed by atoms with Crippen LogP contribution in [0.4, 0.5) is 0 Å². The van der Waals surface area contributed by atoms with Gasteiger partial charge in [0.2, 0.25) is 0 Å². The zero-order valence-corrected chi connectivity index (χ0v) is 10.6. The van der Waals surface area contributed by atoms with Crippen molar-refractivity contribution in [2.45, 2.75) is 11.0 Å². The van der Waals surface area contributed by atoms with Crippen molar-refractivity contribution >= 4 is 15.7 Å². The molecular weight excluding hydrogens is 258 g/mol. The van der Waals surface area contributed by atoms with Crippen LogP contribution < -0.4 is 5.32 Å². The third-order valence-corrected chi connectivity index (χ3v) is 3.34. The van der Waals surface area contributed by atoms with E-state index in [1.807, 2.05) is 0 Å². The monoisotopic (exact) mass is 273 g/mol. The van der Waals surface area contributed by atoms with E-state index in [-0.39, 0.29) is 17.0 Å². The maximum absolute atomic E-state index is 11.6. The minimum atomic E-state index is -3.36. The average molecular weight is 273 g/mol. The molecule has 1 atom stereocenters. The fraction of sp³-hybridized carbons (Fsp3) is 0.364. The van der Waals surface area contributed by atoms with Gasteiger partial charge in [0.05, 0.1) is 17.6 Å². The lowest BCUT2D eigenvalue weighted by Crippen LogP contribution is -2.33. The zero-order valence-electron chi connectivity index (χ0n) is 9.83. The molecule has 0 fully saturated rings. The summed E-state index contributed by atoms with van der Waals surface area (Å²) >= 11 is 0. The van der Waals surface area contributed by atoms with Crippen molar-refractivity contribution in [3.63, 3.8) is 0 Å². The Morgan fingerprint density at radius 1 is 1.44 bits per heavy atom. The van der Waals surface area contributed by atoms with Gasteiger partial charge in [0.25, 0.3) is 5.91 Å². The minimum Gasteiger partial charge on any atom is -0.394 e. The van der Waals surface area contributed by atoms with E-state index in [9.17, 15) is 13.2 Å². The zero-order chi connectivity index (χ0) is 13.8. The van der Waals surface area contributed by atoms with Gasteiger partial charge in [-0.25, -0.2) is 8.42 Å². The number of aliphatic hydroxyl groups excluding tert-OH is 2. The van der Waals surface area contributed by atoms with Crippen LogP contribution in [0, 0.1) is 0 Å². The quantitative estimate of drug-likeness (QED) is 0.650. The average Bonchev–Trinajstić information content (AvgIpc) is 2.34. The van der Waals surface area contributed by atoms with E-state index in [1.165, 1.54) is 24.3 Å². The van der Waals surface area contributed by atoms with Crippen LogP contribution >= 0.6 is 0 Å². The number of benzene rings is 1. The van der Waals surface area contributed by atoms with E-state index in [0.29, 0.717) is 0 Å². The number of aliphatic hydroxyl groups is 2. The Morgan fingerprint density at radius 3 is 2.67 bits per heavy atom. The summed E-state index contributed by atoms with van der Waals surface area (Å²) in [6, 6.07) is 5.59. The molecule has 0 bridgehead atoms. The molecule has 0 heterocycles. The van der Waals surface area contributed by atoms with Gasteiger partial charge >= 0.3 is 0 Å². The Hall–Kier alpha value is -1.44. The fourth-order valence-corrected chi connectivity index (χ4v) is 1.91. The predicted octanol–water partition coefficient (Wildman–Crippen LogP) is -0.827. The fourth-order valence-electron chi connectivity index (χ4n) is 1.25. The molecule has 1 amide bonds. The lowest BCUT2D eigenvalue weighted by molar-refractivity contribution is 0.0802. The largest absolute Gasteiger partial charge is 0.394 e. The lowest BCUT2D eigenvalue weighted by Gasteiger charge is -2.09. The van der Waals surface area contributed by atoms with Crippen LogP contribution in [0.2, 0.25) is 0 Å². The van der Waals surface area contributed by atoms with E-state index in [4.69, 9.17) is 10.2 Å². The first kappa shape index (κ1) is 14.6. The Bertz CT molecular complexity index is 526. The molecule has 18 heavy (non-hydrogen) atoms. The number of hydrogen-bond acceptors (Lipinski definition) is 5. The molecular formula is C11H15NO5S. The van der Waals surface area contributed by atoms with Crippen LogP contribution in [-0.4, -0.2) is 50.0 Å². The molecule has 0 saturated carbocycles. The summed E-state index contributed by atoms with van der Waals surface area (Å²) < 4.78 is 22.6. The van der Waals surface area contributed by atoms with Crippen LogP contribution in [0.5, 0.6) is 0 Å². The highest BCUT2D eigenvalue weighted by molar-refractivity contribution is 7.90. The predicted molar refractivity (Wildman–Crippen MR) is 65.0 cm³/mol.